The fraction of sp³-hybridized carbons (Fsp3) is 0.536. The van der Waals surface area contributed by atoms with Gasteiger partial charge in [-0.15, -0.1) is 0 Å². The van der Waals surface area contributed by atoms with Crippen molar-refractivity contribution in [2.24, 2.45) is 5.41 Å². The summed E-state index contributed by atoms with van der Waals surface area (Å²) in [7, 11) is -3.87. The highest BCUT2D eigenvalue weighted by atomic mass is 32.2. The van der Waals surface area contributed by atoms with Crippen LogP contribution in [0.4, 0.5) is 4.79 Å². The average Bonchev–Trinajstić information content (AvgIpc) is 3.48. The van der Waals surface area contributed by atoms with Gasteiger partial charge in [0.1, 0.15) is 11.4 Å². The molecule has 2 fully saturated rings. The number of nitrogens with zero attached hydrogens (tertiary/aromatic N) is 2. The van der Waals surface area contributed by atoms with E-state index >= 15 is 0 Å². The quantitative estimate of drug-likeness (QED) is 0.464. The Bertz CT molecular complexity index is 1310. The summed E-state index contributed by atoms with van der Waals surface area (Å²) in [5, 5.41) is 0. The van der Waals surface area contributed by atoms with Gasteiger partial charge in [-0.1, -0.05) is 18.2 Å². The molecular weight excluding hydrogens is 524 g/mol. The SMILES string of the molecule is CCOC(=O)CCc1cc([C@@H]2CCN(S(=O)(=O)c3ccccc3)C[C@@]23CCN(C(=O)OC(C)(C)C)C3=O)co1. The zero-order valence-corrected chi connectivity index (χ0v) is 23.7. The van der Waals surface area contributed by atoms with Crippen LogP contribution >= 0.6 is 0 Å². The number of amides is 2. The molecule has 1 aromatic carbocycles. The van der Waals surface area contributed by atoms with Gasteiger partial charge in [0.25, 0.3) is 0 Å². The molecule has 2 aliphatic heterocycles. The lowest BCUT2D eigenvalue weighted by atomic mass is 9.67. The first-order valence-electron chi connectivity index (χ1n) is 13.2. The molecular formula is C28H36N2O8S. The predicted molar refractivity (Wildman–Crippen MR) is 141 cm³/mol. The monoisotopic (exact) mass is 560 g/mol. The lowest BCUT2D eigenvalue weighted by molar-refractivity contribution is -0.143. The van der Waals surface area contributed by atoms with Crippen LogP contribution in [0.25, 0.3) is 0 Å². The topological polar surface area (TPSA) is 123 Å². The van der Waals surface area contributed by atoms with Gasteiger partial charge in [0.15, 0.2) is 0 Å². The van der Waals surface area contributed by atoms with Crippen molar-refractivity contribution in [1.82, 2.24) is 9.21 Å². The van der Waals surface area contributed by atoms with Gasteiger partial charge in [0.05, 0.1) is 29.6 Å². The predicted octanol–water partition coefficient (Wildman–Crippen LogP) is 4.11. The number of furan rings is 1. The number of sulfonamides is 1. The normalized spacial score (nSPS) is 22.3. The summed E-state index contributed by atoms with van der Waals surface area (Å²) in [5.41, 5.74) is -1.23. The van der Waals surface area contributed by atoms with Crippen LogP contribution in [-0.4, -0.2) is 67.4 Å². The number of carbonyl (C=O) groups is 3. The molecule has 2 amide bonds. The summed E-state index contributed by atoms with van der Waals surface area (Å²) >= 11 is 0. The van der Waals surface area contributed by atoms with Gasteiger partial charge in [0.2, 0.25) is 15.9 Å². The van der Waals surface area contributed by atoms with Crippen molar-refractivity contribution in [3.8, 4) is 0 Å². The molecule has 0 bridgehead atoms. The summed E-state index contributed by atoms with van der Waals surface area (Å²) in [6.07, 6.45) is 1.96. The number of likely N-dealkylation sites (tertiary alicyclic amines) is 1. The third kappa shape index (κ3) is 6.04. The summed E-state index contributed by atoms with van der Waals surface area (Å²) in [6, 6.07) is 9.93. The van der Waals surface area contributed by atoms with Crippen LogP contribution in [0.3, 0.4) is 0 Å². The first-order valence-corrected chi connectivity index (χ1v) is 14.6. The zero-order chi connectivity index (χ0) is 28.4. The van der Waals surface area contributed by atoms with Crippen LogP contribution in [0.2, 0.25) is 0 Å². The largest absolute Gasteiger partial charge is 0.469 e. The van der Waals surface area contributed by atoms with Crippen LogP contribution in [0, 0.1) is 5.41 Å². The summed E-state index contributed by atoms with van der Waals surface area (Å²) in [5.74, 6) is -0.601. The average molecular weight is 561 g/mol. The van der Waals surface area contributed by atoms with E-state index in [1.165, 1.54) is 16.4 Å². The van der Waals surface area contributed by atoms with Crippen molar-refractivity contribution in [3.05, 3.63) is 54.0 Å². The molecule has 2 aliphatic rings. The second-order valence-electron chi connectivity index (χ2n) is 11.0. The fourth-order valence-electron chi connectivity index (χ4n) is 5.41. The molecule has 1 aromatic heterocycles. The molecule has 10 nitrogen and oxygen atoms in total. The van der Waals surface area contributed by atoms with E-state index in [0.717, 1.165) is 10.5 Å². The molecule has 0 unspecified atom stereocenters. The molecule has 0 aliphatic carbocycles. The Labute approximate surface area is 229 Å². The molecule has 1 spiro atoms. The minimum Gasteiger partial charge on any atom is -0.469 e. The van der Waals surface area contributed by atoms with Gasteiger partial charge < -0.3 is 13.9 Å². The van der Waals surface area contributed by atoms with Gasteiger partial charge in [-0.05, 0) is 64.3 Å². The number of benzene rings is 1. The lowest BCUT2D eigenvalue weighted by Crippen LogP contribution is -2.54. The van der Waals surface area contributed by atoms with E-state index in [1.807, 2.05) is 6.07 Å². The Morgan fingerprint density at radius 3 is 2.54 bits per heavy atom. The van der Waals surface area contributed by atoms with Crippen LogP contribution in [-0.2, 0) is 35.5 Å². The Morgan fingerprint density at radius 1 is 1.15 bits per heavy atom. The fourth-order valence-corrected chi connectivity index (χ4v) is 6.95. The number of carbonyl (C=O) groups excluding carboxylic acids is 3. The molecule has 3 heterocycles. The smallest absolute Gasteiger partial charge is 0.417 e. The lowest BCUT2D eigenvalue weighted by Gasteiger charge is -2.43. The number of piperidine rings is 1. The summed E-state index contributed by atoms with van der Waals surface area (Å²) in [4.78, 5) is 40.0. The number of hydrogen-bond donors (Lipinski definition) is 0. The van der Waals surface area contributed by atoms with Crippen LogP contribution in [0.5, 0.6) is 0 Å². The summed E-state index contributed by atoms with van der Waals surface area (Å²) in [6.45, 7) is 7.46. The van der Waals surface area contributed by atoms with Gasteiger partial charge in [-0.25, -0.2) is 18.1 Å². The minimum absolute atomic E-state index is 0.0731. The number of esters is 1. The highest BCUT2D eigenvalue weighted by Crippen LogP contribution is 2.51. The molecule has 0 saturated carbocycles. The molecule has 2 aromatic rings. The number of aryl methyl sites for hydroxylation is 1. The Morgan fingerprint density at radius 2 is 1.87 bits per heavy atom. The zero-order valence-electron chi connectivity index (χ0n) is 22.8. The third-order valence-electron chi connectivity index (χ3n) is 7.20. The first kappa shape index (κ1) is 28.8. The Balaban J connectivity index is 1.65. The molecule has 4 rings (SSSR count). The molecule has 0 radical (unpaired) electrons. The van der Waals surface area contributed by atoms with Gasteiger partial charge in [-0.3, -0.25) is 9.59 Å². The van der Waals surface area contributed by atoms with E-state index in [0.29, 0.717) is 25.2 Å². The van der Waals surface area contributed by atoms with Crippen molar-refractivity contribution >= 4 is 28.0 Å². The Kier molecular flexibility index (Phi) is 8.22. The number of hydrogen-bond acceptors (Lipinski definition) is 8. The molecule has 0 N–H and O–H groups in total. The second-order valence-corrected chi connectivity index (χ2v) is 12.9. The van der Waals surface area contributed by atoms with Crippen molar-refractivity contribution in [3.63, 3.8) is 0 Å². The number of imide groups is 1. The molecule has 39 heavy (non-hydrogen) atoms. The van der Waals surface area contributed by atoms with Crippen molar-refractivity contribution in [2.45, 2.75) is 69.8 Å². The van der Waals surface area contributed by atoms with Gasteiger partial charge in [-0.2, -0.15) is 4.31 Å². The maximum absolute atomic E-state index is 14.0. The van der Waals surface area contributed by atoms with Crippen molar-refractivity contribution in [1.29, 1.82) is 0 Å². The van der Waals surface area contributed by atoms with Gasteiger partial charge >= 0.3 is 12.1 Å². The van der Waals surface area contributed by atoms with E-state index in [4.69, 9.17) is 13.9 Å². The first-order chi connectivity index (χ1) is 18.4. The standard InChI is InChI=1S/C28H36N2O8S/c1-5-36-24(31)12-11-21-17-20(18-37-21)23-13-15-29(39(34,35)22-9-7-6-8-10-22)19-28(23)14-16-30(25(28)32)26(33)38-27(2,3)4/h6-10,17-18,23H,5,11-16,19H2,1-4H3/t23-,28-/m0/s1. The van der Waals surface area contributed by atoms with Gasteiger partial charge in [0, 0.05) is 32.0 Å². The maximum Gasteiger partial charge on any atom is 0.417 e. The van der Waals surface area contributed by atoms with E-state index < -0.39 is 33.0 Å². The Hall–Kier alpha value is -3.18. The highest BCUT2D eigenvalue weighted by Gasteiger charge is 2.58. The highest BCUT2D eigenvalue weighted by molar-refractivity contribution is 7.89. The third-order valence-corrected chi connectivity index (χ3v) is 9.06. The summed E-state index contributed by atoms with van der Waals surface area (Å²) < 4.78 is 44.6. The van der Waals surface area contributed by atoms with E-state index in [1.54, 1.807) is 52.2 Å². The van der Waals surface area contributed by atoms with E-state index in [-0.39, 0.29) is 49.3 Å². The minimum atomic E-state index is -3.87. The molecule has 11 heteroatoms. The van der Waals surface area contributed by atoms with Crippen molar-refractivity contribution in [2.75, 3.05) is 26.2 Å². The van der Waals surface area contributed by atoms with Crippen LogP contribution in [0.15, 0.2) is 52.0 Å². The number of rotatable bonds is 7. The van der Waals surface area contributed by atoms with Crippen LogP contribution in [0.1, 0.15) is 64.2 Å². The van der Waals surface area contributed by atoms with E-state index in [2.05, 4.69) is 0 Å². The van der Waals surface area contributed by atoms with Crippen molar-refractivity contribution < 1.29 is 36.7 Å². The second kappa shape index (κ2) is 11.1. The van der Waals surface area contributed by atoms with E-state index in [9.17, 15) is 22.8 Å². The molecule has 2 atom stereocenters. The number of ether oxygens (including phenoxy) is 2. The molecule has 2 saturated heterocycles. The maximum atomic E-state index is 14.0. The van der Waals surface area contributed by atoms with Crippen LogP contribution < -0.4 is 0 Å². The molecule has 212 valence electrons.